The van der Waals surface area contributed by atoms with E-state index in [1.54, 1.807) is 6.07 Å². The van der Waals surface area contributed by atoms with Crippen LogP contribution in [0.3, 0.4) is 0 Å². The number of fused-ring (bicyclic) bond motifs is 6. The number of piperazine rings is 1. The summed E-state index contributed by atoms with van der Waals surface area (Å²) in [6, 6.07) is 8.56. The number of likely N-dealkylation sites (N-methyl/N-ethyl adjacent to an activating group) is 1. The molecule has 3 fully saturated rings. The van der Waals surface area contributed by atoms with Gasteiger partial charge in [-0.3, -0.25) is 0 Å². The van der Waals surface area contributed by atoms with Crippen molar-refractivity contribution < 1.29 is 13.9 Å². The molecule has 216 valence electrons. The fourth-order valence-corrected chi connectivity index (χ4v) is 8.51. The van der Waals surface area contributed by atoms with Crippen molar-refractivity contribution in [1.82, 2.24) is 20.2 Å². The van der Waals surface area contributed by atoms with Gasteiger partial charge in [-0.1, -0.05) is 23.7 Å². The van der Waals surface area contributed by atoms with Gasteiger partial charge in [-0.2, -0.15) is 15.2 Å². The van der Waals surface area contributed by atoms with E-state index in [0.29, 0.717) is 57.7 Å². The molecule has 2 bridgehead atoms. The average Bonchev–Trinajstić information content (AvgIpc) is 3.64. The van der Waals surface area contributed by atoms with Crippen LogP contribution in [0.15, 0.2) is 18.2 Å². The van der Waals surface area contributed by atoms with E-state index in [1.807, 2.05) is 12.1 Å². The summed E-state index contributed by atoms with van der Waals surface area (Å²) in [4.78, 5) is 14.1. The van der Waals surface area contributed by atoms with Gasteiger partial charge < -0.3 is 30.3 Å². The van der Waals surface area contributed by atoms with Gasteiger partial charge in [0.1, 0.15) is 35.6 Å². The molecule has 4 aromatic rings. The highest BCUT2D eigenvalue weighted by molar-refractivity contribution is 7.23. The SMILES string of the molecule is CN1CCC[C@H]1COc1nc2c3c(c(Cl)c(-c4cccc5sc(N)c(C#N)c45)c(F)c3n1)OC[C@@H]1[C@@H]3CC[C@H](CN21)N3. The normalized spacial score (nSPS) is 25.0. The van der Waals surface area contributed by atoms with E-state index in [0.717, 1.165) is 43.5 Å². The largest absolute Gasteiger partial charge is 0.489 e. The van der Waals surface area contributed by atoms with Crippen molar-refractivity contribution in [2.45, 2.75) is 49.9 Å². The van der Waals surface area contributed by atoms with Crippen molar-refractivity contribution in [3.8, 4) is 29.0 Å². The van der Waals surface area contributed by atoms with Crippen LogP contribution in [0, 0.1) is 17.1 Å². The second-order valence-corrected chi connectivity index (χ2v) is 13.1. The quantitative estimate of drug-likeness (QED) is 0.334. The van der Waals surface area contributed by atoms with Gasteiger partial charge in [-0.05, 0) is 50.9 Å². The van der Waals surface area contributed by atoms with Gasteiger partial charge in [-0.25, -0.2) is 4.39 Å². The van der Waals surface area contributed by atoms with E-state index in [4.69, 9.17) is 31.8 Å². The summed E-state index contributed by atoms with van der Waals surface area (Å²) < 4.78 is 30.4. The zero-order valence-electron chi connectivity index (χ0n) is 23.0. The van der Waals surface area contributed by atoms with Crippen LogP contribution in [0.4, 0.5) is 15.2 Å². The topological polar surface area (TPSA) is 113 Å². The summed E-state index contributed by atoms with van der Waals surface area (Å²) in [5, 5.41) is 15.2. The minimum Gasteiger partial charge on any atom is -0.489 e. The molecular formula is C30H29ClFN7O2S. The number of ether oxygens (including phenoxy) is 2. The van der Waals surface area contributed by atoms with E-state index >= 15 is 4.39 Å². The molecule has 4 atom stereocenters. The molecule has 4 aliphatic heterocycles. The monoisotopic (exact) mass is 605 g/mol. The number of nitrogen functional groups attached to an aromatic ring is 1. The number of hydrogen-bond donors (Lipinski definition) is 2. The summed E-state index contributed by atoms with van der Waals surface area (Å²) in [6.45, 7) is 2.52. The fourth-order valence-electron chi connectivity index (χ4n) is 7.23. The molecule has 42 heavy (non-hydrogen) atoms. The number of thiophene rings is 1. The molecule has 3 saturated heterocycles. The summed E-state index contributed by atoms with van der Waals surface area (Å²) in [5.74, 6) is 0.337. The molecule has 2 aromatic heterocycles. The first-order chi connectivity index (χ1) is 20.4. The van der Waals surface area contributed by atoms with E-state index in [2.05, 4.69) is 33.2 Å². The van der Waals surface area contributed by atoms with Gasteiger partial charge in [-0.15, -0.1) is 11.3 Å². The number of rotatable bonds is 4. The molecule has 0 radical (unpaired) electrons. The Bertz CT molecular complexity index is 1810. The van der Waals surface area contributed by atoms with Crippen LogP contribution in [-0.2, 0) is 0 Å². The molecule has 6 heterocycles. The highest BCUT2D eigenvalue weighted by atomic mass is 35.5. The number of nitrogens with one attached hydrogen (secondary N) is 1. The molecule has 4 aliphatic rings. The van der Waals surface area contributed by atoms with Gasteiger partial charge in [0.05, 0.1) is 22.0 Å². The Kier molecular flexibility index (Phi) is 6.12. The Morgan fingerprint density at radius 2 is 2.17 bits per heavy atom. The predicted octanol–water partition coefficient (Wildman–Crippen LogP) is 4.93. The zero-order chi connectivity index (χ0) is 28.7. The zero-order valence-corrected chi connectivity index (χ0v) is 24.6. The maximum absolute atomic E-state index is 17.0. The molecule has 0 spiro atoms. The van der Waals surface area contributed by atoms with Crippen LogP contribution in [-0.4, -0.2) is 72.4 Å². The van der Waals surface area contributed by atoms with E-state index in [9.17, 15) is 5.26 Å². The highest BCUT2D eigenvalue weighted by Gasteiger charge is 2.44. The number of nitrogens with two attached hydrogens (primary N) is 1. The molecule has 0 amide bonds. The first-order valence-corrected chi connectivity index (χ1v) is 15.5. The lowest BCUT2D eigenvalue weighted by atomic mass is 9.96. The third-order valence-corrected chi connectivity index (χ3v) is 10.7. The van der Waals surface area contributed by atoms with Gasteiger partial charge >= 0.3 is 6.01 Å². The molecule has 0 unspecified atom stereocenters. The van der Waals surface area contributed by atoms with Crippen LogP contribution in [0.2, 0.25) is 5.02 Å². The maximum atomic E-state index is 17.0. The van der Waals surface area contributed by atoms with Gasteiger partial charge in [0, 0.05) is 40.3 Å². The molecule has 9 nitrogen and oxygen atoms in total. The van der Waals surface area contributed by atoms with Crippen molar-refractivity contribution in [2.75, 3.05) is 44.0 Å². The summed E-state index contributed by atoms with van der Waals surface area (Å²) in [5.41, 5.74) is 7.19. The lowest BCUT2D eigenvalue weighted by Gasteiger charge is -2.40. The third-order valence-electron chi connectivity index (χ3n) is 9.37. The number of nitriles is 1. The van der Waals surface area contributed by atoms with E-state index in [1.165, 1.54) is 11.3 Å². The Morgan fingerprint density at radius 1 is 1.29 bits per heavy atom. The Hall–Kier alpha value is -3.43. The lowest BCUT2D eigenvalue weighted by molar-refractivity contribution is 0.188. The average molecular weight is 606 g/mol. The van der Waals surface area contributed by atoms with Crippen molar-refractivity contribution in [2.24, 2.45) is 0 Å². The van der Waals surface area contributed by atoms with Crippen molar-refractivity contribution in [1.29, 1.82) is 5.26 Å². The molecule has 0 aliphatic carbocycles. The number of anilines is 2. The minimum atomic E-state index is -0.605. The molecule has 0 saturated carbocycles. The maximum Gasteiger partial charge on any atom is 0.319 e. The first kappa shape index (κ1) is 26.2. The van der Waals surface area contributed by atoms with Crippen LogP contribution < -0.4 is 25.4 Å². The Morgan fingerprint density at radius 3 is 2.98 bits per heavy atom. The standard InChI is InChI=1S/C30H29ClFN7O2S/c1-38-9-3-4-15(38)12-41-30-36-26-23-27(40-13-19-18-8-7-14(35-18)11-39(19)29(23)37-30)24(31)22(25(26)32)16-5-2-6-20-21(16)17(10-33)28(34)42-20/h2,5-6,14-15,18-19,35H,3-4,7-9,11-13,34H2,1H3/t14-,15+,18+,19-/m1/s1. The summed E-state index contributed by atoms with van der Waals surface area (Å²) in [6.07, 6.45) is 4.24. The van der Waals surface area contributed by atoms with Gasteiger partial charge in [0.2, 0.25) is 0 Å². The molecule has 3 N–H and O–H groups in total. The molecular weight excluding hydrogens is 577 g/mol. The van der Waals surface area contributed by atoms with Crippen molar-refractivity contribution in [3.63, 3.8) is 0 Å². The number of halogens is 2. The van der Waals surface area contributed by atoms with Crippen LogP contribution in [0.1, 0.15) is 31.2 Å². The Balaban J connectivity index is 1.36. The van der Waals surface area contributed by atoms with Crippen molar-refractivity contribution in [3.05, 3.63) is 34.6 Å². The smallest absolute Gasteiger partial charge is 0.319 e. The number of nitrogens with zero attached hydrogens (tertiary/aromatic N) is 5. The number of aromatic nitrogens is 2. The predicted molar refractivity (Wildman–Crippen MR) is 162 cm³/mol. The van der Waals surface area contributed by atoms with Crippen molar-refractivity contribution >= 4 is 54.7 Å². The fraction of sp³-hybridized carbons (Fsp3) is 0.433. The van der Waals surface area contributed by atoms with Gasteiger partial charge in [0.15, 0.2) is 11.6 Å². The second-order valence-electron chi connectivity index (χ2n) is 11.7. The van der Waals surface area contributed by atoms with Crippen LogP contribution in [0.25, 0.3) is 32.1 Å². The van der Waals surface area contributed by atoms with Crippen LogP contribution >= 0.6 is 22.9 Å². The lowest BCUT2D eigenvalue weighted by Crippen LogP contribution is -2.60. The van der Waals surface area contributed by atoms with E-state index in [-0.39, 0.29) is 40.2 Å². The molecule has 2 aromatic carbocycles. The second kappa shape index (κ2) is 9.81. The third kappa shape index (κ3) is 3.85. The highest BCUT2D eigenvalue weighted by Crippen LogP contribution is 2.51. The van der Waals surface area contributed by atoms with Gasteiger partial charge in [0.25, 0.3) is 0 Å². The number of benzene rings is 2. The Labute approximate surface area is 251 Å². The van der Waals surface area contributed by atoms with Crippen LogP contribution in [0.5, 0.6) is 11.8 Å². The molecule has 12 heteroatoms. The summed E-state index contributed by atoms with van der Waals surface area (Å²) >= 11 is 8.38. The van der Waals surface area contributed by atoms with E-state index < -0.39 is 5.82 Å². The minimum absolute atomic E-state index is 0.00376. The summed E-state index contributed by atoms with van der Waals surface area (Å²) in [7, 11) is 2.09. The first-order valence-electron chi connectivity index (χ1n) is 14.4. The molecule has 8 rings (SSSR count). The number of hydrogen-bond acceptors (Lipinski definition) is 10. The number of likely N-dealkylation sites (tertiary alicyclic amines) is 1.